The van der Waals surface area contributed by atoms with Gasteiger partial charge in [-0.1, -0.05) is 0 Å². The van der Waals surface area contributed by atoms with Crippen LogP contribution in [-0.2, 0) is 4.74 Å². The van der Waals surface area contributed by atoms with Crippen LogP contribution in [0.15, 0.2) is 18.2 Å². The van der Waals surface area contributed by atoms with Gasteiger partial charge in [0.25, 0.3) is 0 Å². The first-order valence-corrected chi connectivity index (χ1v) is 8.10. The second-order valence-electron chi connectivity index (χ2n) is 7.40. The van der Waals surface area contributed by atoms with Gasteiger partial charge in [0, 0.05) is 13.0 Å². The fourth-order valence-electron chi connectivity index (χ4n) is 3.15. The zero-order chi connectivity index (χ0) is 17.5. The highest BCUT2D eigenvalue weighted by molar-refractivity contribution is 6.00. The number of ketones is 1. The van der Waals surface area contributed by atoms with Crippen molar-refractivity contribution in [1.82, 2.24) is 4.90 Å². The molecule has 1 saturated heterocycles. The van der Waals surface area contributed by atoms with Gasteiger partial charge in [0.15, 0.2) is 5.78 Å². The largest absolute Gasteiger partial charge is 0.497 e. The second-order valence-corrected chi connectivity index (χ2v) is 7.40. The summed E-state index contributed by atoms with van der Waals surface area (Å²) in [6.45, 7) is 6.38. The molecule has 1 atom stereocenters. The fraction of sp³-hybridized carbons (Fsp3) is 0.556. The first kappa shape index (κ1) is 16.6. The molecule has 2 heterocycles. The molecule has 0 unspecified atom stereocenters. The van der Waals surface area contributed by atoms with Crippen molar-refractivity contribution >= 4 is 11.9 Å². The van der Waals surface area contributed by atoms with Gasteiger partial charge in [-0.15, -0.1) is 0 Å². The monoisotopic (exact) mass is 333 g/mol. The lowest BCUT2D eigenvalue weighted by atomic mass is 9.89. The van der Waals surface area contributed by atoms with Crippen molar-refractivity contribution in [3.05, 3.63) is 23.8 Å². The van der Waals surface area contributed by atoms with E-state index in [-0.39, 0.29) is 18.3 Å². The van der Waals surface area contributed by atoms with Crippen molar-refractivity contribution in [3.8, 4) is 11.5 Å². The van der Waals surface area contributed by atoms with Gasteiger partial charge in [-0.25, -0.2) is 4.79 Å². The Kier molecular flexibility index (Phi) is 3.94. The van der Waals surface area contributed by atoms with Crippen LogP contribution in [0.3, 0.4) is 0 Å². The Morgan fingerprint density at radius 2 is 2.08 bits per heavy atom. The zero-order valence-electron chi connectivity index (χ0n) is 14.5. The van der Waals surface area contributed by atoms with Crippen molar-refractivity contribution in [2.75, 3.05) is 20.2 Å². The van der Waals surface area contributed by atoms with Crippen LogP contribution in [0.25, 0.3) is 0 Å². The van der Waals surface area contributed by atoms with Crippen molar-refractivity contribution in [2.45, 2.75) is 44.8 Å². The summed E-state index contributed by atoms with van der Waals surface area (Å²) in [5.41, 5.74) is -0.662. The highest BCUT2D eigenvalue weighted by Gasteiger charge is 2.47. The molecule has 24 heavy (non-hydrogen) atoms. The maximum Gasteiger partial charge on any atom is 0.410 e. The molecule has 0 N–H and O–H groups in total. The highest BCUT2D eigenvalue weighted by atomic mass is 16.6. The molecule has 2 aliphatic rings. The summed E-state index contributed by atoms with van der Waals surface area (Å²) in [4.78, 5) is 26.4. The van der Waals surface area contributed by atoms with E-state index in [2.05, 4.69) is 0 Å². The maximum atomic E-state index is 12.5. The minimum absolute atomic E-state index is 0.0150. The van der Waals surface area contributed by atoms with Crippen LogP contribution in [0.4, 0.5) is 4.79 Å². The van der Waals surface area contributed by atoms with Crippen LogP contribution in [0.1, 0.15) is 44.0 Å². The van der Waals surface area contributed by atoms with Crippen LogP contribution in [0.5, 0.6) is 11.5 Å². The van der Waals surface area contributed by atoms with Crippen molar-refractivity contribution in [3.63, 3.8) is 0 Å². The number of ether oxygens (including phenoxy) is 3. The lowest BCUT2D eigenvalue weighted by molar-refractivity contribution is 0.0171. The number of hydrogen-bond acceptors (Lipinski definition) is 5. The van der Waals surface area contributed by atoms with Gasteiger partial charge in [-0.3, -0.25) is 4.79 Å². The van der Waals surface area contributed by atoms with Crippen molar-refractivity contribution < 1.29 is 23.8 Å². The Bertz CT molecular complexity index is 678. The first-order chi connectivity index (χ1) is 11.2. The predicted molar refractivity (Wildman–Crippen MR) is 87.7 cm³/mol. The van der Waals surface area contributed by atoms with Crippen molar-refractivity contribution in [2.24, 2.45) is 0 Å². The van der Waals surface area contributed by atoms with Crippen molar-refractivity contribution in [1.29, 1.82) is 0 Å². The van der Waals surface area contributed by atoms with E-state index in [1.807, 2.05) is 20.8 Å². The number of Topliss-reactive ketones (excluding diaryl/α,β-unsaturated/α-hetero) is 1. The topological polar surface area (TPSA) is 65.1 Å². The number of benzene rings is 1. The number of amides is 1. The molecule has 2 aliphatic heterocycles. The maximum absolute atomic E-state index is 12.5. The summed E-state index contributed by atoms with van der Waals surface area (Å²) in [5, 5.41) is 0. The molecular weight excluding hydrogens is 310 g/mol. The second kappa shape index (κ2) is 5.69. The van der Waals surface area contributed by atoms with E-state index in [0.717, 1.165) is 0 Å². The van der Waals surface area contributed by atoms with E-state index in [1.54, 1.807) is 30.2 Å². The van der Waals surface area contributed by atoms with E-state index in [1.165, 1.54) is 0 Å². The Hall–Kier alpha value is -2.24. The molecule has 0 bridgehead atoms. The van der Waals surface area contributed by atoms with E-state index in [9.17, 15) is 9.59 Å². The predicted octanol–water partition coefficient (Wildman–Crippen LogP) is 3.04. The summed E-state index contributed by atoms with van der Waals surface area (Å²) < 4.78 is 16.7. The van der Waals surface area contributed by atoms with Crippen LogP contribution in [0.2, 0.25) is 0 Å². The molecule has 130 valence electrons. The van der Waals surface area contributed by atoms with Crippen LogP contribution >= 0.6 is 0 Å². The minimum Gasteiger partial charge on any atom is -0.497 e. The molecule has 0 saturated carbocycles. The molecule has 6 nitrogen and oxygen atoms in total. The summed E-state index contributed by atoms with van der Waals surface area (Å²) in [6, 6.07) is 5.22. The van der Waals surface area contributed by atoms with Gasteiger partial charge in [0.05, 0.1) is 25.6 Å². The molecule has 6 heteroatoms. The standard InChI is InChI=1S/C18H23NO5/c1-17(2,3)24-16(21)19-8-7-18(11-19)10-14(20)13-9-12(22-4)5-6-15(13)23-18/h5-6,9H,7-8,10-11H2,1-4H3/t18-/m1/s1. The minimum atomic E-state index is -0.657. The quantitative estimate of drug-likeness (QED) is 0.790. The molecular formula is C18H23NO5. The molecule has 0 radical (unpaired) electrons. The van der Waals surface area contributed by atoms with Crippen LogP contribution < -0.4 is 9.47 Å². The zero-order valence-corrected chi connectivity index (χ0v) is 14.5. The Morgan fingerprint density at radius 1 is 1.33 bits per heavy atom. The van der Waals surface area contributed by atoms with Gasteiger partial charge >= 0.3 is 6.09 Å². The third-order valence-corrected chi connectivity index (χ3v) is 4.26. The number of methoxy groups -OCH3 is 1. The van der Waals surface area contributed by atoms with Crippen LogP contribution in [-0.4, -0.2) is 48.2 Å². The first-order valence-electron chi connectivity index (χ1n) is 8.10. The van der Waals surface area contributed by atoms with Gasteiger partial charge < -0.3 is 19.1 Å². The average molecular weight is 333 g/mol. The number of carbonyl (C=O) groups is 2. The summed E-state index contributed by atoms with van der Waals surface area (Å²) in [5.74, 6) is 1.20. The summed E-state index contributed by atoms with van der Waals surface area (Å²) >= 11 is 0. The molecule has 1 fully saturated rings. The fourth-order valence-corrected chi connectivity index (χ4v) is 3.15. The Labute approximate surface area is 141 Å². The van der Waals surface area contributed by atoms with E-state index < -0.39 is 11.2 Å². The third kappa shape index (κ3) is 3.18. The molecule has 0 aromatic heterocycles. The molecule has 1 aromatic carbocycles. The molecule has 1 aromatic rings. The number of fused-ring (bicyclic) bond motifs is 1. The molecule has 1 amide bonds. The summed E-state index contributed by atoms with van der Waals surface area (Å²) in [6.07, 6.45) is 0.506. The number of hydrogen-bond donors (Lipinski definition) is 0. The van der Waals surface area contributed by atoms with Gasteiger partial charge in [-0.05, 0) is 39.0 Å². The average Bonchev–Trinajstić information content (AvgIpc) is 2.89. The molecule has 1 spiro atoms. The van der Waals surface area contributed by atoms with Gasteiger partial charge in [-0.2, -0.15) is 0 Å². The molecule has 0 aliphatic carbocycles. The lowest BCUT2D eigenvalue weighted by Crippen LogP contribution is -2.46. The summed E-state index contributed by atoms with van der Waals surface area (Å²) in [7, 11) is 1.56. The number of likely N-dealkylation sites (tertiary alicyclic amines) is 1. The van der Waals surface area contributed by atoms with Gasteiger partial charge in [0.2, 0.25) is 0 Å². The normalized spacial score (nSPS) is 23.0. The Morgan fingerprint density at radius 3 is 2.75 bits per heavy atom. The smallest absolute Gasteiger partial charge is 0.410 e. The van der Waals surface area contributed by atoms with Gasteiger partial charge in [0.1, 0.15) is 22.7 Å². The van der Waals surface area contributed by atoms with E-state index in [4.69, 9.17) is 14.2 Å². The van der Waals surface area contributed by atoms with E-state index in [0.29, 0.717) is 36.6 Å². The van der Waals surface area contributed by atoms with Crippen LogP contribution in [0, 0.1) is 0 Å². The third-order valence-electron chi connectivity index (χ3n) is 4.26. The SMILES string of the molecule is COc1ccc2c(c1)C(=O)C[C@@]1(CCN(C(=O)OC(C)(C)C)C1)O2. The number of carbonyl (C=O) groups excluding carboxylic acids is 2. The lowest BCUT2D eigenvalue weighted by Gasteiger charge is -2.34. The Balaban J connectivity index is 1.77. The van der Waals surface area contributed by atoms with E-state index >= 15 is 0 Å². The highest BCUT2D eigenvalue weighted by Crippen LogP contribution is 2.40. The molecule has 3 rings (SSSR count). The number of nitrogens with zero attached hydrogens (tertiary/aromatic N) is 1. The number of rotatable bonds is 1.